The molecule has 2 N–H and O–H groups in total. The second-order valence-electron chi connectivity index (χ2n) is 4.31. The van der Waals surface area contributed by atoms with Crippen LogP contribution in [-0.4, -0.2) is 17.6 Å². The Balaban J connectivity index is 1.99. The highest BCUT2D eigenvalue weighted by molar-refractivity contribution is 8.13. The molecule has 2 rings (SSSR count). The highest BCUT2D eigenvalue weighted by atomic mass is 35.5. The van der Waals surface area contributed by atoms with Crippen LogP contribution in [0.15, 0.2) is 63.6 Å². The van der Waals surface area contributed by atoms with E-state index >= 15 is 0 Å². The molecule has 2 aromatic carbocycles. The van der Waals surface area contributed by atoms with E-state index in [9.17, 15) is 0 Å². The number of nitrogens with two attached hydrogens (primary N) is 1. The van der Waals surface area contributed by atoms with Gasteiger partial charge in [0.2, 0.25) is 0 Å². The first-order valence-electron chi connectivity index (χ1n) is 6.56. The molecule has 0 aromatic heterocycles. The number of nitrogens with zero attached hydrogens (tertiary/aromatic N) is 2. The van der Waals surface area contributed by atoms with Crippen molar-refractivity contribution in [2.75, 3.05) is 6.26 Å². The molecule has 0 heterocycles. The smallest absolute Gasteiger partial charge is 0.180 e. The van der Waals surface area contributed by atoms with Crippen LogP contribution < -0.4 is 5.73 Å². The van der Waals surface area contributed by atoms with Crippen LogP contribution in [0.2, 0.25) is 5.02 Å². The van der Waals surface area contributed by atoms with E-state index in [2.05, 4.69) is 22.3 Å². The van der Waals surface area contributed by atoms with Crippen molar-refractivity contribution < 1.29 is 0 Å². The third-order valence-electron chi connectivity index (χ3n) is 2.81. The van der Waals surface area contributed by atoms with E-state index in [1.54, 1.807) is 18.0 Å². The van der Waals surface area contributed by atoms with Gasteiger partial charge >= 0.3 is 0 Å². The van der Waals surface area contributed by atoms with Crippen molar-refractivity contribution in [1.82, 2.24) is 0 Å². The van der Waals surface area contributed by atoms with Crippen LogP contribution in [-0.2, 0) is 5.75 Å². The Morgan fingerprint density at radius 1 is 1.18 bits per heavy atom. The summed E-state index contributed by atoms with van der Waals surface area (Å²) in [4.78, 5) is 1.06. The van der Waals surface area contributed by atoms with Gasteiger partial charge in [-0.15, -0.1) is 16.9 Å². The minimum Gasteiger partial charge on any atom is -0.377 e. The maximum atomic E-state index is 6.18. The third-order valence-corrected chi connectivity index (χ3v) is 4.79. The Bertz CT molecular complexity index is 672. The first-order chi connectivity index (χ1) is 10.7. The molecule has 0 aliphatic carbocycles. The predicted molar refractivity (Wildman–Crippen MR) is 100 cm³/mol. The summed E-state index contributed by atoms with van der Waals surface area (Å²) in [7, 11) is 0. The summed E-state index contributed by atoms with van der Waals surface area (Å²) < 4.78 is 0. The fourth-order valence-electron chi connectivity index (χ4n) is 1.72. The molecule has 0 fully saturated rings. The topological polar surface area (TPSA) is 50.7 Å². The van der Waals surface area contributed by atoms with Gasteiger partial charge in [-0.3, -0.25) is 0 Å². The predicted octanol–water partition coefficient (Wildman–Crippen LogP) is 4.64. The van der Waals surface area contributed by atoms with Crippen LogP contribution in [0.1, 0.15) is 11.1 Å². The van der Waals surface area contributed by atoms with Crippen LogP contribution >= 0.6 is 35.1 Å². The average Bonchev–Trinajstić information content (AvgIpc) is 2.55. The van der Waals surface area contributed by atoms with Crippen LogP contribution in [0.5, 0.6) is 0 Å². The van der Waals surface area contributed by atoms with E-state index < -0.39 is 0 Å². The normalized spacial score (nSPS) is 12.0. The molecular formula is C16H16ClN3S2. The van der Waals surface area contributed by atoms with Crippen molar-refractivity contribution in [3.8, 4) is 0 Å². The Kier molecular flexibility index (Phi) is 6.83. The second kappa shape index (κ2) is 8.88. The van der Waals surface area contributed by atoms with Gasteiger partial charge in [0.05, 0.1) is 11.2 Å². The molecule has 0 aliphatic rings. The van der Waals surface area contributed by atoms with Gasteiger partial charge in [-0.1, -0.05) is 59.8 Å². The molecule has 6 heteroatoms. The molecule has 2 aromatic rings. The molecule has 3 nitrogen and oxygen atoms in total. The van der Waals surface area contributed by atoms with Crippen molar-refractivity contribution in [3.05, 3.63) is 64.7 Å². The van der Waals surface area contributed by atoms with Crippen LogP contribution in [0.3, 0.4) is 0 Å². The molecule has 22 heavy (non-hydrogen) atoms. The zero-order valence-electron chi connectivity index (χ0n) is 12.1. The van der Waals surface area contributed by atoms with E-state index in [1.165, 1.54) is 17.3 Å². The van der Waals surface area contributed by atoms with Crippen molar-refractivity contribution in [2.45, 2.75) is 10.6 Å². The molecule has 114 valence electrons. The minimum absolute atomic E-state index is 0.429. The molecule has 0 amide bonds. The Hall–Kier alpha value is -1.43. The molecule has 0 spiro atoms. The van der Waals surface area contributed by atoms with E-state index in [1.807, 2.05) is 42.7 Å². The van der Waals surface area contributed by atoms with Gasteiger partial charge in [-0.05, 0) is 24.0 Å². The third kappa shape index (κ3) is 5.09. The number of amidine groups is 1. The van der Waals surface area contributed by atoms with E-state index in [-0.39, 0.29) is 0 Å². The summed E-state index contributed by atoms with van der Waals surface area (Å²) in [5.41, 5.74) is 7.92. The lowest BCUT2D eigenvalue weighted by Gasteiger charge is -2.03. The number of halogens is 1. The lowest BCUT2D eigenvalue weighted by Crippen LogP contribution is -2.06. The van der Waals surface area contributed by atoms with Crippen LogP contribution in [0.4, 0.5) is 0 Å². The zero-order chi connectivity index (χ0) is 15.8. The van der Waals surface area contributed by atoms with Gasteiger partial charge in [-0.25, -0.2) is 0 Å². The van der Waals surface area contributed by atoms with Gasteiger partial charge < -0.3 is 5.73 Å². The fourth-order valence-corrected chi connectivity index (χ4v) is 3.21. The quantitative estimate of drug-likeness (QED) is 0.370. The maximum Gasteiger partial charge on any atom is 0.180 e. The first-order valence-corrected chi connectivity index (χ1v) is 9.15. The lowest BCUT2D eigenvalue weighted by molar-refractivity contribution is 1.24. The molecule has 0 aliphatic heterocycles. The van der Waals surface area contributed by atoms with E-state index in [4.69, 9.17) is 17.3 Å². The number of rotatable bonds is 5. The molecule has 0 atom stereocenters. The van der Waals surface area contributed by atoms with Crippen LogP contribution in [0.25, 0.3) is 0 Å². The second-order valence-corrected chi connectivity index (χ2v) is 6.56. The van der Waals surface area contributed by atoms with Crippen molar-refractivity contribution in [3.63, 3.8) is 0 Å². The zero-order valence-corrected chi connectivity index (χ0v) is 14.5. The molecule has 0 unspecified atom stereocenters. The molecule has 0 bridgehead atoms. The Labute approximate surface area is 144 Å². The Morgan fingerprint density at radius 2 is 1.95 bits per heavy atom. The molecule has 0 radical (unpaired) electrons. The highest BCUT2D eigenvalue weighted by Gasteiger charge is 2.03. The first kappa shape index (κ1) is 16.9. The summed E-state index contributed by atoms with van der Waals surface area (Å²) in [5, 5.41) is 9.14. The summed E-state index contributed by atoms with van der Waals surface area (Å²) >= 11 is 9.25. The van der Waals surface area contributed by atoms with Crippen molar-refractivity contribution in [1.29, 1.82) is 0 Å². The summed E-state index contributed by atoms with van der Waals surface area (Å²) in [5.74, 6) is 0.772. The van der Waals surface area contributed by atoms with Gasteiger partial charge in [0.25, 0.3) is 0 Å². The monoisotopic (exact) mass is 349 g/mol. The van der Waals surface area contributed by atoms with Crippen molar-refractivity contribution >= 4 is 46.5 Å². The van der Waals surface area contributed by atoms with Crippen molar-refractivity contribution in [2.24, 2.45) is 15.9 Å². The average molecular weight is 350 g/mol. The highest BCUT2D eigenvalue weighted by Crippen LogP contribution is 2.25. The summed E-state index contributed by atoms with van der Waals surface area (Å²) in [6.45, 7) is 0. The molecular weight excluding hydrogens is 334 g/mol. The minimum atomic E-state index is 0.429. The number of hydrogen-bond donors (Lipinski definition) is 1. The maximum absolute atomic E-state index is 6.18. The van der Waals surface area contributed by atoms with Gasteiger partial charge in [-0.2, -0.15) is 5.10 Å². The van der Waals surface area contributed by atoms with E-state index in [0.29, 0.717) is 10.2 Å². The van der Waals surface area contributed by atoms with Gasteiger partial charge in [0.15, 0.2) is 5.17 Å². The van der Waals surface area contributed by atoms with Gasteiger partial charge in [0.1, 0.15) is 0 Å². The van der Waals surface area contributed by atoms with E-state index in [0.717, 1.165) is 16.2 Å². The molecule has 0 saturated carbocycles. The largest absolute Gasteiger partial charge is 0.377 e. The standard InChI is InChI=1S/C16H16ClN3S2/c1-21-15-9-5-8-14(17)13(15)10-19-20-16(18)22-11-12-6-3-2-4-7-12/h2-10H,11H2,1H3,(H2,18,20). The SMILES string of the molecule is CSc1cccc(Cl)c1C=NN=C(N)SCc1ccccc1. The number of thioether (sulfide) groups is 2. The number of benzene rings is 2. The Morgan fingerprint density at radius 3 is 2.68 bits per heavy atom. The summed E-state index contributed by atoms with van der Waals surface area (Å²) in [6.07, 6.45) is 3.64. The lowest BCUT2D eigenvalue weighted by atomic mass is 10.2. The van der Waals surface area contributed by atoms with Crippen LogP contribution in [0, 0.1) is 0 Å². The van der Waals surface area contributed by atoms with Gasteiger partial charge in [0, 0.05) is 16.2 Å². The fraction of sp³-hybridized carbons (Fsp3) is 0.125. The molecule has 0 saturated heterocycles. The summed E-state index contributed by atoms with van der Waals surface area (Å²) in [6, 6.07) is 15.8. The number of hydrogen-bond acceptors (Lipinski definition) is 4.